The molecule has 1 aromatic rings. The minimum Gasteiger partial charge on any atom is -0.369 e. The van der Waals surface area contributed by atoms with Crippen LogP contribution in [0.2, 0.25) is 0 Å². The summed E-state index contributed by atoms with van der Waals surface area (Å²) in [7, 11) is 0. The fourth-order valence-corrected chi connectivity index (χ4v) is 3.51. The molecule has 1 aromatic heterocycles. The van der Waals surface area contributed by atoms with Gasteiger partial charge in [0.2, 0.25) is 5.91 Å². The van der Waals surface area contributed by atoms with Crippen LogP contribution in [0.1, 0.15) is 33.0 Å². The highest BCUT2D eigenvalue weighted by Crippen LogP contribution is 2.22. The lowest BCUT2D eigenvalue weighted by Gasteiger charge is -2.29. The summed E-state index contributed by atoms with van der Waals surface area (Å²) in [4.78, 5) is 27.7. The fraction of sp³-hybridized carbons (Fsp3) is 0.571. The fourth-order valence-electron chi connectivity index (χ4n) is 2.57. The van der Waals surface area contributed by atoms with Crippen molar-refractivity contribution in [1.29, 1.82) is 0 Å². The number of carbonyl (C=O) groups is 2. The Morgan fingerprint density at radius 2 is 2.00 bits per heavy atom. The quantitative estimate of drug-likeness (QED) is 0.855. The normalized spacial score (nSPS) is 17.6. The van der Waals surface area contributed by atoms with Gasteiger partial charge in [-0.2, -0.15) is 0 Å². The number of hydrogen-bond acceptors (Lipinski definition) is 4. The van der Waals surface area contributed by atoms with Gasteiger partial charge in [-0.05, 0) is 45.8 Å². The van der Waals surface area contributed by atoms with E-state index in [1.807, 2.05) is 19.9 Å². The zero-order valence-electron chi connectivity index (χ0n) is 11.4. The van der Waals surface area contributed by atoms with Gasteiger partial charge in [-0.3, -0.25) is 14.5 Å². The molecule has 1 aliphatic heterocycles. The van der Waals surface area contributed by atoms with Crippen LogP contribution in [-0.4, -0.2) is 36.2 Å². The zero-order chi connectivity index (χ0) is 14.0. The second-order valence-electron chi connectivity index (χ2n) is 5.20. The molecule has 0 bridgehead atoms. The third-order valence-corrected chi connectivity index (χ3v) is 4.66. The summed E-state index contributed by atoms with van der Waals surface area (Å²) in [5.41, 5.74) is 6.15. The highest BCUT2D eigenvalue weighted by Gasteiger charge is 2.25. The van der Waals surface area contributed by atoms with Crippen molar-refractivity contribution < 1.29 is 9.59 Å². The molecule has 1 aliphatic rings. The summed E-state index contributed by atoms with van der Waals surface area (Å²) in [5, 5.41) is 0. The maximum absolute atomic E-state index is 12.2. The van der Waals surface area contributed by atoms with Gasteiger partial charge in [0, 0.05) is 21.2 Å². The third kappa shape index (κ3) is 3.42. The van der Waals surface area contributed by atoms with Crippen LogP contribution < -0.4 is 5.73 Å². The van der Waals surface area contributed by atoms with Crippen LogP contribution in [0.15, 0.2) is 6.07 Å². The number of nitrogens with two attached hydrogens (primary N) is 1. The standard InChI is InChI=1S/C14H20N2O2S/c1-9-7-12(10(2)19-9)13(17)8-16-5-3-11(4-6-16)14(15)18/h7,11H,3-6,8H2,1-2H3,(H2,15,18). The van der Waals surface area contributed by atoms with E-state index in [9.17, 15) is 9.59 Å². The van der Waals surface area contributed by atoms with Gasteiger partial charge in [-0.1, -0.05) is 0 Å². The van der Waals surface area contributed by atoms with E-state index in [-0.39, 0.29) is 17.6 Å². The molecule has 1 fully saturated rings. The first-order valence-electron chi connectivity index (χ1n) is 6.59. The molecule has 104 valence electrons. The number of carbonyl (C=O) groups excluding carboxylic acids is 2. The molecule has 0 unspecified atom stereocenters. The predicted molar refractivity (Wildman–Crippen MR) is 76.5 cm³/mol. The lowest BCUT2D eigenvalue weighted by atomic mass is 9.96. The van der Waals surface area contributed by atoms with Gasteiger partial charge in [-0.15, -0.1) is 11.3 Å². The Bertz CT molecular complexity index is 488. The summed E-state index contributed by atoms with van der Waals surface area (Å²) in [6, 6.07) is 1.97. The molecule has 1 amide bonds. The van der Waals surface area contributed by atoms with Gasteiger partial charge in [0.25, 0.3) is 0 Å². The molecular formula is C14H20N2O2S. The first-order valence-corrected chi connectivity index (χ1v) is 7.41. The molecule has 2 rings (SSSR count). The number of Topliss-reactive ketones (excluding diaryl/α,β-unsaturated/α-hetero) is 1. The van der Waals surface area contributed by atoms with Crippen molar-refractivity contribution >= 4 is 23.0 Å². The largest absolute Gasteiger partial charge is 0.369 e. The highest BCUT2D eigenvalue weighted by atomic mass is 32.1. The van der Waals surface area contributed by atoms with Crippen molar-refractivity contribution in [3.05, 3.63) is 21.4 Å². The Labute approximate surface area is 117 Å². The van der Waals surface area contributed by atoms with E-state index in [2.05, 4.69) is 4.90 Å². The molecular weight excluding hydrogens is 260 g/mol. The van der Waals surface area contributed by atoms with Crippen LogP contribution in [0.25, 0.3) is 0 Å². The molecule has 0 aliphatic carbocycles. The van der Waals surface area contributed by atoms with Crippen LogP contribution in [0.5, 0.6) is 0 Å². The van der Waals surface area contributed by atoms with E-state index in [0.29, 0.717) is 6.54 Å². The van der Waals surface area contributed by atoms with Crippen LogP contribution in [-0.2, 0) is 4.79 Å². The first kappa shape index (κ1) is 14.2. The SMILES string of the molecule is Cc1cc(C(=O)CN2CCC(C(N)=O)CC2)c(C)s1. The van der Waals surface area contributed by atoms with Crippen molar-refractivity contribution in [2.24, 2.45) is 11.7 Å². The molecule has 0 atom stereocenters. The van der Waals surface area contributed by atoms with E-state index in [0.717, 1.165) is 36.4 Å². The minimum absolute atomic E-state index is 0.0171. The molecule has 2 heterocycles. The maximum atomic E-state index is 12.2. The van der Waals surface area contributed by atoms with Gasteiger partial charge in [0.15, 0.2) is 5.78 Å². The number of hydrogen-bond donors (Lipinski definition) is 1. The zero-order valence-corrected chi connectivity index (χ0v) is 12.3. The van der Waals surface area contributed by atoms with Crippen molar-refractivity contribution in [2.45, 2.75) is 26.7 Å². The summed E-state index contributed by atoms with van der Waals surface area (Å²) in [5.74, 6) is -0.0499. The van der Waals surface area contributed by atoms with Crippen molar-refractivity contribution in [2.75, 3.05) is 19.6 Å². The molecule has 19 heavy (non-hydrogen) atoms. The molecule has 5 heteroatoms. The topological polar surface area (TPSA) is 63.4 Å². The average molecular weight is 280 g/mol. The average Bonchev–Trinajstić information content (AvgIpc) is 2.69. The molecule has 0 spiro atoms. The summed E-state index contributed by atoms with van der Waals surface area (Å²) in [6.45, 7) is 6.02. The van der Waals surface area contributed by atoms with Crippen molar-refractivity contribution in [3.63, 3.8) is 0 Å². The monoisotopic (exact) mass is 280 g/mol. The number of thiophene rings is 1. The minimum atomic E-state index is -0.213. The summed E-state index contributed by atoms with van der Waals surface area (Å²) >= 11 is 1.66. The van der Waals surface area contributed by atoms with E-state index in [1.165, 1.54) is 4.88 Å². The number of likely N-dealkylation sites (tertiary alicyclic amines) is 1. The van der Waals surface area contributed by atoms with Crippen LogP contribution >= 0.6 is 11.3 Å². The van der Waals surface area contributed by atoms with Crippen LogP contribution in [0.3, 0.4) is 0 Å². The second kappa shape index (κ2) is 5.84. The molecule has 2 N–H and O–H groups in total. The van der Waals surface area contributed by atoms with Gasteiger partial charge in [-0.25, -0.2) is 0 Å². The van der Waals surface area contributed by atoms with Crippen molar-refractivity contribution in [1.82, 2.24) is 4.90 Å². The van der Waals surface area contributed by atoms with Crippen molar-refractivity contribution in [3.8, 4) is 0 Å². The van der Waals surface area contributed by atoms with Gasteiger partial charge in [0.05, 0.1) is 6.54 Å². The Hall–Kier alpha value is -1.20. The lowest BCUT2D eigenvalue weighted by Crippen LogP contribution is -2.40. The molecule has 0 radical (unpaired) electrons. The van der Waals surface area contributed by atoms with Crippen LogP contribution in [0.4, 0.5) is 0 Å². The number of ketones is 1. The van der Waals surface area contributed by atoms with E-state index in [4.69, 9.17) is 5.73 Å². The van der Waals surface area contributed by atoms with Gasteiger partial charge < -0.3 is 5.73 Å². The highest BCUT2D eigenvalue weighted by molar-refractivity contribution is 7.12. The number of nitrogens with zero attached hydrogens (tertiary/aromatic N) is 1. The molecule has 0 aromatic carbocycles. The van der Waals surface area contributed by atoms with Crippen LogP contribution in [0, 0.1) is 19.8 Å². The maximum Gasteiger partial charge on any atom is 0.220 e. The van der Waals surface area contributed by atoms with Gasteiger partial charge >= 0.3 is 0 Å². The Kier molecular flexibility index (Phi) is 4.37. The predicted octanol–water partition coefficient (Wildman–Crippen LogP) is 1.74. The molecule has 4 nitrogen and oxygen atoms in total. The lowest BCUT2D eigenvalue weighted by molar-refractivity contribution is -0.123. The summed E-state index contributed by atoms with van der Waals surface area (Å²) < 4.78 is 0. The molecule has 0 saturated carbocycles. The smallest absolute Gasteiger partial charge is 0.220 e. The first-order chi connectivity index (χ1) is 8.97. The number of aryl methyl sites for hydroxylation is 2. The second-order valence-corrected chi connectivity index (χ2v) is 6.66. The third-order valence-electron chi connectivity index (χ3n) is 3.70. The Morgan fingerprint density at radius 3 is 2.47 bits per heavy atom. The van der Waals surface area contributed by atoms with E-state index < -0.39 is 0 Å². The van der Waals surface area contributed by atoms with Gasteiger partial charge in [0.1, 0.15) is 0 Å². The van der Waals surface area contributed by atoms with E-state index >= 15 is 0 Å². The van der Waals surface area contributed by atoms with E-state index in [1.54, 1.807) is 11.3 Å². The summed E-state index contributed by atoms with van der Waals surface area (Å²) in [6.07, 6.45) is 1.54. The Balaban J connectivity index is 1.91. The number of rotatable bonds is 4. The number of primary amides is 1. The number of piperidine rings is 1. The molecule has 1 saturated heterocycles. The number of amides is 1. The Morgan fingerprint density at radius 1 is 1.37 bits per heavy atom.